The smallest absolute Gasteiger partial charge is 0.363 e. The summed E-state index contributed by atoms with van der Waals surface area (Å²) in [6.45, 7) is 3.58. The summed E-state index contributed by atoms with van der Waals surface area (Å²) >= 11 is 0. The van der Waals surface area contributed by atoms with Gasteiger partial charge in [0.1, 0.15) is 0 Å². The van der Waals surface area contributed by atoms with E-state index in [9.17, 15) is 14.1 Å². The van der Waals surface area contributed by atoms with E-state index in [1.807, 2.05) is 0 Å². The van der Waals surface area contributed by atoms with E-state index in [0.717, 1.165) is 7.11 Å². The quantitative estimate of drug-likeness (QED) is 0.437. The number of rotatable bonds is 7. The third-order valence-corrected chi connectivity index (χ3v) is 2.62. The van der Waals surface area contributed by atoms with Gasteiger partial charge in [-0.15, -0.1) is 0 Å². The molecular formula is C14H15FN2O4. The lowest BCUT2D eigenvalue weighted by molar-refractivity contribution is -0.192. The van der Waals surface area contributed by atoms with Crippen molar-refractivity contribution in [3.05, 3.63) is 48.8 Å². The Morgan fingerprint density at radius 1 is 1.48 bits per heavy atom. The number of esters is 1. The summed E-state index contributed by atoms with van der Waals surface area (Å²) < 4.78 is 18.0. The predicted octanol–water partition coefficient (Wildman–Crippen LogP) is 2.07. The van der Waals surface area contributed by atoms with Crippen LogP contribution in [0.2, 0.25) is 0 Å². The van der Waals surface area contributed by atoms with Crippen molar-refractivity contribution in [3.8, 4) is 0 Å². The van der Waals surface area contributed by atoms with Crippen LogP contribution in [-0.4, -0.2) is 28.8 Å². The first-order valence-electron chi connectivity index (χ1n) is 6.01. The van der Waals surface area contributed by atoms with Gasteiger partial charge in [-0.05, 0) is 24.1 Å². The molecule has 0 bridgehead atoms. The van der Waals surface area contributed by atoms with Crippen LogP contribution in [0.3, 0.4) is 0 Å². The number of aromatic nitrogens is 2. The van der Waals surface area contributed by atoms with E-state index in [-0.39, 0.29) is 6.42 Å². The minimum atomic E-state index is -1.37. The van der Waals surface area contributed by atoms with Gasteiger partial charge < -0.3 is 4.74 Å². The molecule has 112 valence electrons. The Balaban J connectivity index is 2.80. The molecule has 0 N–H and O–H groups in total. The normalized spacial score (nSPS) is 13.0. The zero-order chi connectivity index (χ0) is 15.7. The highest BCUT2D eigenvalue weighted by Crippen LogP contribution is 2.16. The summed E-state index contributed by atoms with van der Waals surface area (Å²) in [4.78, 5) is 25.8. The molecule has 1 unspecified atom stereocenters. The third kappa shape index (κ3) is 5.06. The van der Waals surface area contributed by atoms with Crippen LogP contribution >= 0.6 is 0 Å². The summed E-state index contributed by atoms with van der Waals surface area (Å²) in [6.07, 6.45) is 9.65. The summed E-state index contributed by atoms with van der Waals surface area (Å²) in [5.74, 6) is -3.55. The Morgan fingerprint density at radius 3 is 2.76 bits per heavy atom. The van der Waals surface area contributed by atoms with Crippen molar-refractivity contribution in [2.45, 2.75) is 6.42 Å². The van der Waals surface area contributed by atoms with Gasteiger partial charge in [0, 0.05) is 23.1 Å². The lowest BCUT2D eigenvalue weighted by atomic mass is 9.99. The molecule has 0 aliphatic heterocycles. The summed E-state index contributed by atoms with van der Waals surface area (Å²) in [5, 5.41) is 3.96. The highest BCUT2D eigenvalue weighted by atomic mass is 19.3. The molecule has 6 nitrogen and oxygen atoms in total. The summed E-state index contributed by atoms with van der Waals surface area (Å²) in [5.41, 5.74) is 0.541. The predicted molar refractivity (Wildman–Crippen MR) is 73.2 cm³/mol. The van der Waals surface area contributed by atoms with Crippen molar-refractivity contribution in [3.63, 3.8) is 0 Å². The standard InChI is InChI=1S/C14H15FN2O4/c1-3-11(6-4-8-17-9-5-7-16-17)10-12(13(18)20-2)14(19)21-15/h3-9,12H,1,10H2,2H3/b8-4+,11-6+. The van der Waals surface area contributed by atoms with E-state index >= 15 is 0 Å². The zero-order valence-corrected chi connectivity index (χ0v) is 11.4. The number of carbonyl (C=O) groups is 2. The molecule has 0 saturated heterocycles. The van der Waals surface area contributed by atoms with Crippen LogP contribution in [0, 0.1) is 5.92 Å². The van der Waals surface area contributed by atoms with Crippen LogP contribution in [0.5, 0.6) is 0 Å². The van der Waals surface area contributed by atoms with Crippen molar-refractivity contribution < 1.29 is 23.8 Å². The second-order valence-electron chi connectivity index (χ2n) is 3.95. The van der Waals surface area contributed by atoms with Crippen LogP contribution in [0.15, 0.2) is 48.8 Å². The van der Waals surface area contributed by atoms with E-state index in [1.165, 1.54) is 6.08 Å². The van der Waals surface area contributed by atoms with Crippen molar-refractivity contribution in [2.24, 2.45) is 5.92 Å². The molecule has 0 saturated carbocycles. The molecule has 0 aromatic carbocycles. The fourth-order valence-corrected chi connectivity index (χ4v) is 1.54. The first-order valence-corrected chi connectivity index (χ1v) is 6.01. The number of hydrogen-bond donors (Lipinski definition) is 0. The zero-order valence-electron chi connectivity index (χ0n) is 11.4. The molecule has 1 aromatic heterocycles. The molecule has 0 fully saturated rings. The van der Waals surface area contributed by atoms with Crippen LogP contribution < -0.4 is 0 Å². The van der Waals surface area contributed by atoms with Gasteiger partial charge in [0.15, 0.2) is 5.92 Å². The van der Waals surface area contributed by atoms with Crippen LogP contribution in [0.1, 0.15) is 6.42 Å². The van der Waals surface area contributed by atoms with Crippen molar-refractivity contribution in [1.29, 1.82) is 0 Å². The maximum Gasteiger partial charge on any atom is 0.363 e. The fraction of sp³-hybridized carbons (Fsp3) is 0.214. The lowest BCUT2D eigenvalue weighted by Gasteiger charge is -2.10. The summed E-state index contributed by atoms with van der Waals surface area (Å²) in [7, 11) is 1.11. The Morgan fingerprint density at radius 2 is 2.24 bits per heavy atom. The molecule has 0 aliphatic rings. The van der Waals surface area contributed by atoms with Gasteiger partial charge in [-0.1, -0.05) is 18.7 Å². The number of ether oxygens (including phenoxy) is 1. The second kappa shape index (κ2) is 8.47. The average Bonchev–Trinajstić information content (AvgIpc) is 3.02. The maximum absolute atomic E-state index is 12.0. The van der Waals surface area contributed by atoms with Gasteiger partial charge in [-0.2, -0.15) is 5.10 Å². The van der Waals surface area contributed by atoms with Gasteiger partial charge >= 0.3 is 11.9 Å². The highest BCUT2D eigenvalue weighted by molar-refractivity contribution is 5.95. The number of allylic oxidation sites excluding steroid dienone is 4. The molecule has 0 aliphatic carbocycles. The van der Waals surface area contributed by atoms with Crippen molar-refractivity contribution in [1.82, 2.24) is 9.78 Å². The lowest BCUT2D eigenvalue weighted by Crippen LogP contribution is -2.26. The van der Waals surface area contributed by atoms with Crippen LogP contribution in [-0.2, 0) is 19.3 Å². The van der Waals surface area contributed by atoms with Crippen molar-refractivity contribution in [2.75, 3.05) is 7.11 Å². The molecule has 0 radical (unpaired) electrons. The number of nitrogens with zero attached hydrogens (tertiary/aromatic N) is 2. The van der Waals surface area contributed by atoms with Crippen molar-refractivity contribution >= 4 is 18.1 Å². The van der Waals surface area contributed by atoms with E-state index in [4.69, 9.17) is 0 Å². The van der Waals surface area contributed by atoms with E-state index < -0.39 is 17.9 Å². The number of hydrogen-bond acceptors (Lipinski definition) is 5. The minimum Gasteiger partial charge on any atom is -0.468 e. The maximum atomic E-state index is 12.0. The highest BCUT2D eigenvalue weighted by Gasteiger charge is 2.30. The molecule has 1 aromatic rings. The molecule has 1 atom stereocenters. The fourth-order valence-electron chi connectivity index (χ4n) is 1.54. The second-order valence-corrected chi connectivity index (χ2v) is 3.95. The average molecular weight is 294 g/mol. The third-order valence-electron chi connectivity index (χ3n) is 2.62. The van der Waals surface area contributed by atoms with Gasteiger partial charge in [-0.25, -0.2) is 9.48 Å². The minimum absolute atomic E-state index is 0.0810. The van der Waals surface area contributed by atoms with Crippen LogP contribution in [0.25, 0.3) is 6.20 Å². The monoisotopic (exact) mass is 294 g/mol. The van der Waals surface area contributed by atoms with E-state index in [0.29, 0.717) is 5.57 Å². The molecule has 21 heavy (non-hydrogen) atoms. The Hall–Kier alpha value is -2.70. The SMILES string of the molecule is C=C/C(=C\C=C\n1cccn1)CC(C(=O)OC)C(=O)OF. The molecule has 0 spiro atoms. The van der Waals surface area contributed by atoms with Crippen LogP contribution in [0.4, 0.5) is 4.53 Å². The Kier molecular flexibility index (Phi) is 6.59. The molecular weight excluding hydrogens is 279 g/mol. The molecule has 7 heteroatoms. The summed E-state index contributed by atoms with van der Waals surface area (Å²) in [6, 6.07) is 1.76. The Bertz CT molecular complexity index is 533. The topological polar surface area (TPSA) is 70.4 Å². The first kappa shape index (κ1) is 16.4. The van der Waals surface area contributed by atoms with Gasteiger partial charge in [0.2, 0.25) is 0 Å². The largest absolute Gasteiger partial charge is 0.468 e. The number of methoxy groups -OCH3 is 1. The van der Waals surface area contributed by atoms with E-state index in [1.54, 1.807) is 41.5 Å². The molecule has 0 amide bonds. The van der Waals surface area contributed by atoms with Gasteiger partial charge in [0.05, 0.1) is 7.11 Å². The number of halogens is 1. The molecule has 1 rings (SSSR count). The Labute approximate surface area is 121 Å². The first-order chi connectivity index (χ1) is 10.1. The number of carbonyl (C=O) groups excluding carboxylic acids is 2. The molecule has 1 heterocycles. The van der Waals surface area contributed by atoms with Gasteiger partial charge in [-0.3, -0.25) is 9.74 Å². The van der Waals surface area contributed by atoms with E-state index in [2.05, 4.69) is 21.4 Å². The van der Waals surface area contributed by atoms with Gasteiger partial charge in [0.25, 0.3) is 0 Å².